The van der Waals surface area contributed by atoms with Crippen molar-refractivity contribution in [2.75, 3.05) is 26.8 Å². The molecule has 0 saturated heterocycles. The van der Waals surface area contributed by atoms with Gasteiger partial charge in [-0.1, -0.05) is 11.6 Å². The maximum absolute atomic E-state index is 12.4. The van der Waals surface area contributed by atoms with Crippen LogP contribution in [0.1, 0.15) is 10.4 Å². The Bertz CT molecular complexity index is 480. The number of benzene rings is 1. The van der Waals surface area contributed by atoms with Crippen molar-refractivity contribution in [1.29, 1.82) is 0 Å². The van der Waals surface area contributed by atoms with Crippen LogP contribution in [-0.2, 0) is 0 Å². The molecule has 1 aromatic rings. The number of aliphatic hydroxyl groups is 1. The second-order valence-electron chi connectivity index (χ2n) is 3.91. The van der Waals surface area contributed by atoms with Gasteiger partial charge in [0.25, 0.3) is 5.91 Å². The van der Waals surface area contributed by atoms with Crippen LogP contribution in [0.5, 0.6) is 5.75 Å². The number of carbonyl (C=O) groups is 1. The van der Waals surface area contributed by atoms with Gasteiger partial charge in [0, 0.05) is 11.6 Å². The number of hydrogen-bond acceptors (Lipinski definition) is 3. The topological polar surface area (TPSA) is 49.8 Å². The molecular weight excluding hydrogens is 299 g/mol. The second kappa shape index (κ2) is 6.81. The van der Waals surface area contributed by atoms with Crippen LogP contribution in [0.25, 0.3) is 0 Å². The van der Waals surface area contributed by atoms with Crippen LogP contribution in [0.4, 0.5) is 13.2 Å². The highest BCUT2D eigenvalue weighted by Crippen LogP contribution is 2.25. The zero-order valence-corrected chi connectivity index (χ0v) is 11.3. The molecule has 0 radical (unpaired) electrons. The zero-order valence-electron chi connectivity index (χ0n) is 10.6. The minimum Gasteiger partial charge on any atom is -0.496 e. The van der Waals surface area contributed by atoms with Crippen LogP contribution in [0, 0.1) is 0 Å². The van der Waals surface area contributed by atoms with E-state index in [1.54, 1.807) is 0 Å². The molecule has 0 heterocycles. The first-order chi connectivity index (χ1) is 9.28. The molecule has 4 nitrogen and oxygen atoms in total. The molecule has 0 unspecified atom stereocenters. The van der Waals surface area contributed by atoms with Crippen LogP contribution >= 0.6 is 11.6 Å². The Labute approximate surface area is 118 Å². The number of amides is 1. The van der Waals surface area contributed by atoms with Crippen molar-refractivity contribution in [3.63, 3.8) is 0 Å². The molecular formula is C12H13ClF3NO3. The van der Waals surface area contributed by atoms with Crippen molar-refractivity contribution >= 4 is 17.5 Å². The predicted molar refractivity (Wildman–Crippen MR) is 67.0 cm³/mol. The van der Waals surface area contributed by atoms with Crippen molar-refractivity contribution in [2.45, 2.75) is 6.18 Å². The summed E-state index contributed by atoms with van der Waals surface area (Å²) in [5, 5.41) is 8.99. The lowest BCUT2D eigenvalue weighted by Gasteiger charge is -2.24. The van der Waals surface area contributed by atoms with Gasteiger partial charge >= 0.3 is 6.18 Å². The molecule has 1 amide bonds. The third-order valence-electron chi connectivity index (χ3n) is 2.42. The molecule has 0 aliphatic rings. The minimum atomic E-state index is -4.56. The molecule has 20 heavy (non-hydrogen) atoms. The molecule has 0 aliphatic heterocycles. The van der Waals surface area contributed by atoms with Gasteiger partial charge in [-0.2, -0.15) is 13.2 Å². The first kappa shape index (κ1) is 16.6. The van der Waals surface area contributed by atoms with Crippen molar-refractivity contribution in [1.82, 2.24) is 4.90 Å². The molecule has 112 valence electrons. The Hall–Kier alpha value is -1.47. The summed E-state index contributed by atoms with van der Waals surface area (Å²) in [5.41, 5.74) is -0.0855. The highest BCUT2D eigenvalue weighted by Gasteiger charge is 2.33. The van der Waals surface area contributed by atoms with Gasteiger partial charge in [-0.15, -0.1) is 0 Å². The summed E-state index contributed by atoms with van der Waals surface area (Å²) < 4.78 is 42.2. The maximum atomic E-state index is 12.4. The summed E-state index contributed by atoms with van der Waals surface area (Å²) in [7, 11) is 1.29. The van der Waals surface area contributed by atoms with Crippen molar-refractivity contribution < 1.29 is 27.8 Å². The lowest BCUT2D eigenvalue weighted by molar-refractivity contribution is -0.141. The van der Waals surface area contributed by atoms with Crippen LogP contribution in [-0.4, -0.2) is 48.9 Å². The fraction of sp³-hybridized carbons (Fsp3) is 0.417. The van der Waals surface area contributed by atoms with E-state index in [0.29, 0.717) is 4.90 Å². The number of aliphatic hydroxyl groups excluding tert-OH is 1. The highest BCUT2D eigenvalue weighted by molar-refractivity contribution is 6.31. The van der Waals surface area contributed by atoms with Gasteiger partial charge in [0.05, 0.1) is 19.3 Å². The largest absolute Gasteiger partial charge is 0.496 e. The molecule has 0 atom stereocenters. The van der Waals surface area contributed by atoms with Crippen LogP contribution in [0.2, 0.25) is 5.02 Å². The molecule has 1 rings (SSSR count). The van der Waals surface area contributed by atoms with Gasteiger partial charge in [0.15, 0.2) is 0 Å². The fourth-order valence-electron chi connectivity index (χ4n) is 1.61. The van der Waals surface area contributed by atoms with Gasteiger partial charge in [0.1, 0.15) is 12.3 Å². The number of alkyl halides is 3. The lowest BCUT2D eigenvalue weighted by atomic mass is 10.1. The Kier molecular flexibility index (Phi) is 5.64. The van der Waals surface area contributed by atoms with Crippen molar-refractivity contribution in [2.24, 2.45) is 0 Å². The first-order valence-electron chi connectivity index (χ1n) is 5.59. The van der Waals surface area contributed by atoms with Crippen LogP contribution in [0.3, 0.4) is 0 Å². The van der Waals surface area contributed by atoms with Crippen molar-refractivity contribution in [3.8, 4) is 5.75 Å². The highest BCUT2D eigenvalue weighted by atomic mass is 35.5. The average Bonchev–Trinajstić information content (AvgIpc) is 2.36. The summed E-state index contributed by atoms with van der Waals surface area (Å²) in [5.74, 6) is -0.791. The van der Waals surface area contributed by atoms with E-state index in [0.717, 1.165) is 0 Å². The summed E-state index contributed by atoms with van der Waals surface area (Å²) >= 11 is 5.73. The normalized spacial score (nSPS) is 11.3. The van der Waals surface area contributed by atoms with E-state index < -0.39 is 31.8 Å². The summed E-state index contributed by atoms with van der Waals surface area (Å²) in [6.45, 7) is -2.47. The molecule has 0 aliphatic carbocycles. The summed E-state index contributed by atoms with van der Waals surface area (Å²) in [6.07, 6.45) is -4.56. The molecule has 0 saturated carbocycles. The number of nitrogens with zero attached hydrogens (tertiary/aromatic N) is 1. The number of ether oxygens (including phenoxy) is 1. The Morgan fingerprint density at radius 2 is 2.10 bits per heavy atom. The molecule has 1 N–H and O–H groups in total. The van der Waals surface area contributed by atoms with E-state index >= 15 is 0 Å². The number of rotatable bonds is 5. The first-order valence-corrected chi connectivity index (χ1v) is 5.96. The number of methoxy groups -OCH3 is 1. The Morgan fingerprint density at radius 1 is 1.45 bits per heavy atom. The smallest absolute Gasteiger partial charge is 0.406 e. The van der Waals surface area contributed by atoms with Crippen molar-refractivity contribution in [3.05, 3.63) is 28.8 Å². The molecule has 0 aromatic heterocycles. The molecule has 0 fully saturated rings. The van der Waals surface area contributed by atoms with Crippen LogP contribution < -0.4 is 4.74 Å². The lowest BCUT2D eigenvalue weighted by Crippen LogP contribution is -2.40. The van der Waals surface area contributed by atoms with E-state index in [1.807, 2.05) is 0 Å². The number of halogens is 4. The Balaban J connectivity index is 3.08. The van der Waals surface area contributed by atoms with E-state index in [1.165, 1.54) is 25.3 Å². The molecule has 0 spiro atoms. The SMILES string of the molecule is COc1ccc(Cl)cc1C(=O)N(CCO)CC(F)(F)F. The van der Waals surface area contributed by atoms with Gasteiger partial charge in [-0.3, -0.25) is 4.79 Å². The number of carbonyl (C=O) groups excluding carboxylic acids is 1. The molecule has 8 heteroatoms. The van der Waals surface area contributed by atoms with Crippen LogP contribution in [0.15, 0.2) is 18.2 Å². The van der Waals surface area contributed by atoms with Gasteiger partial charge in [-0.05, 0) is 18.2 Å². The van der Waals surface area contributed by atoms with E-state index in [2.05, 4.69) is 0 Å². The van der Waals surface area contributed by atoms with E-state index in [9.17, 15) is 18.0 Å². The van der Waals surface area contributed by atoms with Gasteiger partial charge < -0.3 is 14.7 Å². The average molecular weight is 312 g/mol. The number of hydrogen-bond donors (Lipinski definition) is 1. The Morgan fingerprint density at radius 3 is 2.60 bits per heavy atom. The standard InChI is InChI=1S/C12H13ClF3NO3/c1-20-10-3-2-8(13)6-9(10)11(19)17(4-5-18)7-12(14,15)16/h2-3,6,18H,4-5,7H2,1H3. The molecule has 1 aromatic carbocycles. The zero-order chi connectivity index (χ0) is 15.3. The third-order valence-corrected chi connectivity index (χ3v) is 2.65. The fourth-order valence-corrected chi connectivity index (χ4v) is 1.78. The monoisotopic (exact) mass is 311 g/mol. The van der Waals surface area contributed by atoms with E-state index in [-0.39, 0.29) is 16.3 Å². The molecule has 0 bridgehead atoms. The van der Waals surface area contributed by atoms with Gasteiger partial charge in [-0.25, -0.2) is 0 Å². The predicted octanol–water partition coefficient (Wildman–Crippen LogP) is 2.35. The summed E-state index contributed by atoms with van der Waals surface area (Å²) in [4.78, 5) is 12.6. The third kappa shape index (κ3) is 4.57. The quantitative estimate of drug-likeness (QED) is 0.908. The second-order valence-corrected chi connectivity index (χ2v) is 4.35. The maximum Gasteiger partial charge on any atom is 0.406 e. The van der Waals surface area contributed by atoms with E-state index in [4.69, 9.17) is 21.4 Å². The van der Waals surface area contributed by atoms with Gasteiger partial charge in [0.2, 0.25) is 0 Å². The summed E-state index contributed by atoms with van der Waals surface area (Å²) in [6, 6.07) is 4.07. The minimum absolute atomic E-state index is 0.0855.